The van der Waals surface area contributed by atoms with Crippen molar-refractivity contribution in [2.45, 2.75) is 25.8 Å². The molecular weight excluding hydrogens is 371 g/mol. The summed E-state index contributed by atoms with van der Waals surface area (Å²) in [5.74, 6) is 0.714. The molecule has 0 radical (unpaired) electrons. The largest absolute Gasteiger partial charge is 0.441 e. The Morgan fingerprint density at radius 1 is 1.10 bits per heavy atom. The van der Waals surface area contributed by atoms with Gasteiger partial charge in [0.1, 0.15) is 5.82 Å². The maximum absolute atomic E-state index is 13.0. The van der Waals surface area contributed by atoms with Crippen molar-refractivity contribution < 1.29 is 13.6 Å². The first-order chi connectivity index (χ1) is 14.2. The number of carbonyl (C=O) groups excluding carboxylic acids is 1. The normalized spacial score (nSPS) is 11.1. The lowest BCUT2D eigenvalue weighted by Gasteiger charge is -2.06. The number of nitrogens with zero attached hydrogens (tertiary/aromatic N) is 3. The highest BCUT2D eigenvalue weighted by Crippen LogP contribution is 2.21. The lowest BCUT2D eigenvalue weighted by atomic mass is 10.2. The van der Waals surface area contributed by atoms with Gasteiger partial charge in [-0.05, 0) is 42.8 Å². The minimum Gasteiger partial charge on any atom is -0.441 e. The summed E-state index contributed by atoms with van der Waals surface area (Å²) in [6, 6.07) is 14.0. The predicted molar refractivity (Wildman–Crippen MR) is 108 cm³/mol. The number of carbonyl (C=O) groups is 1. The van der Waals surface area contributed by atoms with Gasteiger partial charge >= 0.3 is 0 Å². The Bertz CT molecular complexity index is 1100. The third kappa shape index (κ3) is 4.68. The van der Waals surface area contributed by atoms with Crippen molar-refractivity contribution in [3.8, 4) is 11.3 Å². The van der Waals surface area contributed by atoms with E-state index in [1.807, 2.05) is 30.6 Å². The van der Waals surface area contributed by atoms with Crippen LogP contribution >= 0.6 is 0 Å². The van der Waals surface area contributed by atoms with Gasteiger partial charge in [0, 0.05) is 31.5 Å². The molecule has 6 nitrogen and oxygen atoms in total. The molecular formula is C22H21FN4O2. The fourth-order valence-electron chi connectivity index (χ4n) is 3.15. The van der Waals surface area contributed by atoms with E-state index in [1.54, 1.807) is 18.3 Å². The molecule has 0 fully saturated rings. The smallest absolute Gasteiger partial charge is 0.220 e. The van der Waals surface area contributed by atoms with Crippen molar-refractivity contribution in [3.63, 3.8) is 0 Å². The Kier molecular flexibility index (Phi) is 5.65. The minimum absolute atomic E-state index is 0.0398. The average molecular weight is 392 g/mol. The summed E-state index contributed by atoms with van der Waals surface area (Å²) in [6.45, 7) is 1.39. The molecule has 4 aromatic rings. The van der Waals surface area contributed by atoms with Crippen molar-refractivity contribution in [1.29, 1.82) is 0 Å². The van der Waals surface area contributed by atoms with Gasteiger partial charge in [0.25, 0.3) is 0 Å². The van der Waals surface area contributed by atoms with Gasteiger partial charge in [-0.2, -0.15) is 0 Å². The molecule has 2 aromatic heterocycles. The van der Waals surface area contributed by atoms with Gasteiger partial charge in [-0.3, -0.25) is 4.79 Å². The first kappa shape index (κ1) is 18.9. The zero-order valence-electron chi connectivity index (χ0n) is 15.8. The quantitative estimate of drug-likeness (QED) is 0.461. The van der Waals surface area contributed by atoms with Crippen molar-refractivity contribution >= 4 is 16.9 Å². The Labute approximate surface area is 167 Å². The number of oxazole rings is 1. The molecule has 1 N–H and O–H groups in total. The Hall–Kier alpha value is -3.48. The molecule has 0 unspecified atom stereocenters. The van der Waals surface area contributed by atoms with Crippen LogP contribution in [0.5, 0.6) is 0 Å². The Balaban J connectivity index is 1.20. The number of benzene rings is 2. The van der Waals surface area contributed by atoms with Crippen LogP contribution in [0.4, 0.5) is 4.39 Å². The number of amides is 1. The Morgan fingerprint density at radius 3 is 2.79 bits per heavy atom. The number of para-hydroxylation sites is 2. The van der Waals surface area contributed by atoms with Crippen molar-refractivity contribution in [2.75, 3.05) is 6.54 Å². The molecule has 1 amide bonds. The minimum atomic E-state index is -0.300. The van der Waals surface area contributed by atoms with E-state index in [0.29, 0.717) is 31.0 Å². The van der Waals surface area contributed by atoms with Crippen LogP contribution in [-0.2, 0) is 17.8 Å². The molecule has 0 aliphatic heterocycles. The Morgan fingerprint density at radius 2 is 1.93 bits per heavy atom. The van der Waals surface area contributed by atoms with E-state index in [1.165, 1.54) is 12.1 Å². The zero-order chi connectivity index (χ0) is 20.1. The SMILES string of the molecule is O=C(CCc1ncc(-c2ccc(F)cc2)o1)NCCCn1cnc2ccccc21. The van der Waals surface area contributed by atoms with Gasteiger partial charge < -0.3 is 14.3 Å². The molecule has 0 atom stereocenters. The lowest BCUT2D eigenvalue weighted by molar-refractivity contribution is -0.121. The summed E-state index contributed by atoms with van der Waals surface area (Å²) in [4.78, 5) is 20.6. The third-order valence-electron chi connectivity index (χ3n) is 4.67. The van der Waals surface area contributed by atoms with E-state index in [-0.39, 0.29) is 11.7 Å². The molecule has 2 aromatic carbocycles. The van der Waals surface area contributed by atoms with Crippen LogP contribution in [0.15, 0.2) is 65.5 Å². The lowest BCUT2D eigenvalue weighted by Crippen LogP contribution is -2.25. The van der Waals surface area contributed by atoms with E-state index < -0.39 is 0 Å². The van der Waals surface area contributed by atoms with Crippen molar-refractivity contribution in [1.82, 2.24) is 19.9 Å². The summed E-state index contributed by atoms with van der Waals surface area (Å²) >= 11 is 0. The van der Waals surface area contributed by atoms with Crippen LogP contribution in [0.2, 0.25) is 0 Å². The van der Waals surface area contributed by atoms with E-state index in [9.17, 15) is 9.18 Å². The fourth-order valence-corrected chi connectivity index (χ4v) is 3.15. The van der Waals surface area contributed by atoms with Crippen LogP contribution in [0.1, 0.15) is 18.7 Å². The first-order valence-electron chi connectivity index (χ1n) is 9.56. The van der Waals surface area contributed by atoms with Gasteiger partial charge in [0.2, 0.25) is 5.91 Å². The van der Waals surface area contributed by atoms with Crippen LogP contribution in [0.3, 0.4) is 0 Å². The van der Waals surface area contributed by atoms with Gasteiger partial charge in [0.05, 0.1) is 23.6 Å². The van der Waals surface area contributed by atoms with Gasteiger partial charge in [-0.15, -0.1) is 0 Å². The monoisotopic (exact) mass is 392 g/mol. The molecule has 0 saturated heterocycles. The number of hydrogen-bond donors (Lipinski definition) is 1. The molecule has 148 valence electrons. The van der Waals surface area contributed by atoms with Gasteiger partial charge in [-0.25, -0.2) is 14.4 Å². The molecule has 4 rings (SSSR count). The summed E-state index contributed by atoms with van der Waals surface area (Å²) in [6.07, 6.45) is 4.96. The van der Waals surface area contributed by atoms with E-state index in [4.69, 9.17) is 4.42 Å². The topological polar surface area (TPSA) is 73.0 Å². The number of hydrogen-bond acceptors (Lipinski definition) is 4. The number of fused-ring (bicyclic) bond motifs is 1. The van der Waals surface area contributed by atoms with Crippen LogP contribution in [-0.4, -0.2) is 27.0 Å². The molecule has 0 aliphatic rings. The molecule has 29 heavy (non-hydrogen) atoms. The number of aryl methyl sites for hydroxylation is 2. The van der Waals surface area contributed by atoms with Crippen LogP contribution < -0.4 is 5.32 Å². The van der Waals surface area contributed by atoms with E-state index in [2.05, 4.69) is 19.9 Å². The fraction of sp³-hybridized carbons (Fsp3) is 0.227. The first-order valence-corrected chi connectivity index (χ1v) is 9.56. The third-order valence-corrected chi connectivity index (χ3v) is 4.67. The number of rotatable bonds is 8. The van der Waals surface area contributed by atoms with Crippen molar-refractivity contribution in [3.05, 3.63) is 72.8 Å². The van der Waals surface area contributed by atoms with E-state index in [0.717, 1.165) is 29.6 Å². The summed E-state index contributed by atoms with van der Waals surface area (Å²) in [5, 5.41) is 2.92. The van der Waals surface area contributed by atoms with E-state index >= 15 is 0 Å². The molecule has 0 spiro atoms. The number of imidazole rings is 1. The molecule has 2 heterocycles. The van der Waals surface area contributed by atoms with Gasteiger partial charge in [-0.1, -0.05) is 12.1 Å². The second kappa shape index (κ2) is 8.68. The summed E-state index contributed by atoms with van der Waals surface area (Å²) in [7, 11) is 0. The molecule has 0 aliphatic carbocycles. The number of nitrogens with one attached hydrogen (secondary N) is 1. The molecule has 0 bridgehead atoms. The predicted octanol–water partition coefficient (Wildman–Crippen LogP) is 3.97. The van der Waals surface area contributed by atoms with Gasteiger partial charge in [0.15, 0.2) is 11.7 Å². The standard InChI is InChI=1S/C22H21FN4O2/c23-17-8-6-16(7-9-17)20-14-25-22(29-20)11-10-21(28)24-12-3-13-27-15-26-18-4-1-2-5-19(18)27/h1-2,4-9,14-15H,3,10-13H2,(H,24,28). The highest BCUT2D eigenvalue weighted by Gasteiger charge is 2.09. The highest BCUT2D eigenvalue weighted by atomic mass is 19.1. The summed E-state index contributed by atoms with van der Waals surface area (Å²) in [5.41, 5.74) is 2.82. The zero-order valence-corrected chi connectivity index (χ0v) is 15.8. The molecule has 7 heteroatoms. The average Bonchev–Trinajstić information content (AvgIpc) is 3.38. The number of aromatic nitrogens is 3. The number of halogens is 1. The van der Waals surface area contributed by atoms with Crippen molar-refractivity contribution in [2.24, 2.45) is 0 Å². The molecule has 0 saturated carbocycles. The second-order valence-corrected chi connectivity index (χ2v) is 6.76. The second-order valence-electron chi connectivity index (χ2n) is 6.76. The highest BCUT2D eigenvalue weighted by molar-refractivity contribution is 5.76. The van der Waals surface area contributed by atoms with Crippen LogP contribution in [0, 0.1) is 5.82 Å². The maximum atomic E-state index is 13.0. The van der Waals surface area contributed by atoms with Crippen LogP contribution in [0.25, 0.3) is 22.4 Å². The summed E-state index contributed by atoms with van der Waals surface area (Å²) < 4.78 is 20.7. The maximum Gasteiger partial charge on any atom is 0.220 e.